The highest BCUT2D eigenvalue weighted by Crippen LogP contribution is 2.46. The van der Waals surface area contributed by atoms with Crippen LogP contribution in [-0.4, -0.2) is 30.6 Å². The predicted molar refractivity (Wildman–Crippen MR) is 85.0 cm³/mol. The standard InChI is InChI=1S/C16H16F3N5O/c1-10-12(13(20)24(22-10)11-6-4-3-5-7-11)15(25,16(17,18)19)14-21-8-9-23(14)2/h3-9,25H,20H2,1-2H3/t15-/m1/s1. The molecule has 3 rings (SSSR count). The molecule has 0 aliphatic heterocycles. The zero-order chi connectivity index (χ0) is 18.4. The lowest BCUT2D eigenvalue weighted by Gasteiger charge is -2.30. The van der Waals surface area contributed by atoms with Crippen molar-refractivity contribution in [1.29, 1.82) is 0 Å². The number of hydrogen-bond acceptors (Lipinski definition) is 4. The van der Waals surface area contributed by atoms with Gasteiger partial charge in [-0.15, -0.1) is 0 Å². The lowest BCUT2D eigenvalue weighted by Crippen LogP contribution is -2.46. The molecule has 0 saturated heterocycles. The van der Waals surface area contributed by atoms with Gasteiger partial charge in [-0.2, -0.15) is 18.3 Å². The van der Waals surface area contributed by atoms with Gasteiger partial charge >= 0.3 is 6.18 Å². The number of anilines is 1. The molecular formula is C16H16F3N5O. The molecule has 2 aromatic heterocycles. The molecule has 6 nitrogen and oxygen atoms in total. The van der Waals surface area contributed by atoms with Crippen molar-refractivity contribution in [2.24, 2.45) is 7.05 Å². The molecule has 0 unspecified atom stereocenters. The summed E-state index contributed by atoms with van der Waals surface area (Å²) in [5.74, 6) is -0.881. The molecule has 9 heteroatoms. The summed E-state index contributed by atoms with van der Waals surface area (Å²) >= 11 is 0. The number of benzene rings is 1. The van der Waals surface area contributed by atoms with Crippen molar-refractivity contribution in [3.05, 3.63) is 59.8 Å². The van der Waals surface area contributed by atoms with Gasteiger partial charge in [0.1, 0.15) is 5.82 Å². The van der Waals surface area contributed by atoms with E-state index >= 15 is 0 Å². The fraction of sp³-hybridized carbons (Fsp3) is 0.250. The zero-order valence-corrected chi connectivity index (χ0v) is 13.5. The van der Waals surface area contributed by atoms with Crippen LogP contribution in [-0.2, 0) is 12.6 Å². The summed E-state index contributed by atoms with van der Waals surface area (Å²) in [5.41, 5.74) is 2.51. The number of imidazole rings is 1. The van der Waals surface area contributed by atoms with Gasteiger partial charge in [-0.25, -0.2) is 9.67 Å². The smallest absolute Gasteiger partial charge is 0.383 e. The second-order valence-corrected chi connectivity index (χ2v) is 5.66. The maximum absolute atomic E-state index is 13.9. The van der Waals surface area contributed by atoms with Gasteiger partial charge in [-0.1, -0.05) is 18.2 Å². The normalized spacial score (nSPS) is 14.5. The number of para-hydroxylation sites is 1. The predicted octanol–water partition coefficient (Wildman–Crippen LogP) is 2.29. The Kier molecular flexibility index (Phi) is 3.83. The first-order chi connectivity index (χ1) is 11.7. The van der Waals surface area contributed by atoms with Crippen LogP contribution in [0.15, 0.2) is 42.7 Å². The van der Waals surface area contributed by atoms with Crippen LogP contribution in [0, 0.1) is 6.92 Å². The number of nitrogens with zero attached hydrogens (tertiary/aromatic N) is 4. The second-order valence-electron chi connectivity index (χ2n) is 5.66. The van der Waals surface area contributed by atoms with Gasteiger partial charge in [0.15, 0.2) is 5.82 Å². The van der Waals surface area contributed by atoms with Gasteiger partial charge in [-0.05, 0) is 19.1 Å². The van der Waals surface area contributed by atoms with Crippen LogP contribution in [0.3, 0.4) is 0 Å². The van der Waals surface area contributed by atoms with Crippen molar-refractivity contribution < 1.29 is 18.3 Å². The molecule has 0 saturated carbocycles. The topological polar surface area (TPSA) is 81.9 Å². The maximum atomic E-state index is 13.9. The van der Waals surface area contributed by atoms with E-state index in [9.17, 15) is 18.3 Å². The molecule has 0 amide bonds. The van der Waals surface area contributed by atoms with Crippen molar-refractivity contribution in [3.8, 4) is 5.69 Å². The van der Waals surface area contributed by atoms with Crippen molar-refractivity contribution >= 4 is 5.82 Å². The highest BCUT2D eigenvalue weighted by Gasteiger charge is 2.61. The van der Waals surface area contributed by atoms with E-state index in [1.54, 1.807) is 30.3 Å². The van der Waals surface area contributed by atoms with Crippen molar-refractivity contribution in [3.63, 3.8) is 0 Å². The van der Waals surface area contributed by atoms with E-state index in [4.69, 9.17) is 5.73 Å². The van der Waals surface area contributed by atoms with E-state index in [1.165, 1.54) is 31.0 Å². The number of aliphatic hydroxyl groups is 1. The minimum absolute atomic E-state index is 0.0378. The van der Waals surface area contributed by atoms with Gasteiger partial charge < -0.3 is 15.4 Å². The summed E-state index contributed by atoms with van der Waals surface area (Å²) in [6, 6.07) is 8.48. The summed E-state index contributed by atoms with van der Waals surface area (Å²) in [7, 11) is 1.37. The quantitative estimate of drug-likeness (QED) is 0.759. The molecule has 25 heavy (non-hydrogen) atoms. The Morgan fingerprint density at radius 1 is 1.16 bits per heavy atom. The fourth-order valence-electron chi connectivity index (χ4n) is 2.85. The number of halogens is 3. The van der Waals surface area contributed by atoms with Crippen molar-refractivity contribution in [2.45, 2.75) is 18.7 Å². The van der Waals surface area contributed by atoms with E-state index in [0.717, 1.165) is 4.57 Å². The van der Waals surface area contributed by atoms with Crippen molar-refractivity contribution in [1.82, 2.24) is 19.3 Å². The average molecular weight is 351 g/mol. The van der Waals surface area contributed by atoms with Gasteiger partial charge in [0.2, 0.25) is 5.60 Å². The van der Waals surface area contributed by atoms with Gasteiger partial charge in [0.25, 0.3) is 0 Å². The molecular weight excluding hydrogens is 335 g/mol. The summed E-state index contributed by atoms with van der Waals surface area (Å²) < 4.78 is 44.0. The molecule has 132 valence electrons. The van der Waals surface area contributed by atoms with Crippen LogP contribution in [0.1, 0.15) is 17.1 Å². The molecule has 0 spiro atoms. The molecule has 3 N–H and O–H groups in total. The van der Waals surface area contributed by atoms with Gasteiger partial charge in [0.05, 0.1) is 16.9 Å². The number of nitrogen functional groups attached to an aromatic ring is 1. The highest BCUT2D eigenvalue weighted by molar-refractivity contribution is 5.55. The Labute approximate surface area is 141 Å². The Morgan fingerprint density at radius 2 is 1.80 bits per heavy atom. The maximum Gasteiger partial charge on any atom is 0.429 e. The Bertz CT molecular complexity index is 900. The number of nitrogens with two attached hydrogens (primary N) is 1. The first kappa shape index (κ1) is 17.0. The highest BCUT2D eigenvalue weighted by atomic mass is 19.4. The van der Waals surface area contributed by atoms with Crippen molar-refractivity contribution in [2.75, 3.05) is 5.73 Å². The third-order valence-corrected chi connectivity index (χ3v) is 4.01. The van der Waals surface area contributed by atoms with Gasteiger partial charge in [0, 0.05) is 19.4 Å². The summed E-state index contributed by atoms with van der Waals surface area (Å²) in [6.07, 6.45) is -2.55. The molecule has 1 aromatic carbocycles. The average Bonchev–Trinajstić information content (AvgIpc) is 3.10. The number of hydrogen-bond donors (Lipinski definition) is 2. The van der Waals surface area contributed by atoms with Crippen LogP contribution >= 0.6 is 0 Å². The monoisotopic (exact) mass is 351 g/mol. The lowest BCUT2D eigenvalue weighted by molar-refractivity contribution is -0.251. The molecule has 0 aliphatic carbocycles. The number of rotatable bonds is 3. The number of aromatic nitrogens is 4. The fourth-order valence-corrected chi connectivity index (χ4v) is 2.85. The van der Waals surface area contributed by atoms with Crippen LogP contribution < -0.4 is 5.73 Å². The number of aryl methyl sites for hydroxylation is 2. The third-order valence-electron chi connectivity index (χ3n) is 4.01. The first-order valence-electron chi connectivity index (χ1n) is 7.35. The summed E-state index contributed by atoms with van der Waals surface area (Å²) in [6.45, 7) is 1.37. The molecule has 3 aromatic rings. The van der Waals surface area contributed by atoms with Crippen LogP contribution in [0.4, 0.5) is 19.0 Å². The van der Waals surface area contributed by atoms with E-state index in [1.807, 2.05) is 0 Å². The largest absolute Gasteiger partial charge is 0.429 e. The Hall–Kier alpha value is -2.81. The minimum Gasteiger partial charge on any atom is -0.383 e. The van der Waals surface area contributed by atoms with E-state index in [2.05, 4.69) is 10.1 Å². The van der Waals surface area contributed by atoms with Crippen LogP contribution in [0.2, 0.25) is 0 Å². The third kappa shape index (κ3) is 2.47. The van der Waals surface area contributed by atoms with Crippen LogP contribution in [0.5, 0.6) is 0 Å². The molecule has 0 radical (unpaired) electrons. The van der Waals surface area contributed by atoms with Crippen LogP contribution in [0.25, 0.3) is 5.69 Å². The van der Waals surface area contributed by atoms with E-state index < -0.39 is 23.2 Å². The second kappa shape index (κ2) is 5.62. The molecule has 0 bridgehead atoms. The first-order valence-corrected chi connectivity index (χ1v) is 7.35. The Balaban J connectivity index is 2.30. The molecule has 0 fully saturated rings. The molecule has 0 aliphatic rings. The molecule has 1 atom stereocenters. The van der Waals surface area contributed by atoms with E-state index in [-0.39, 0.29) is 11.5 Å². The Morgan fingerprint density at radius 3 is 2.32 bits per heavy atom. The number of alkyl halides is 3. The van der Waals surface area contributed by atoms with E-state index in [0.29, 0.717) is 5.69 Å². The minimum atomic E-state index is -5.05. The summed E-state index contributed by atoms with van der Waals surface area (Å²) in [5, 5.41) is 14.8. The summed E-state index contributed by atoms with van der Waals surface area (Å²) in [4.78, 5) is 3.70. The SMILES string of the molecule is Cc1nn(-c2ccccc2)c(N)c1[C@@](O)(c1nccn1C)C(F)(F)F. The van der Waals surface area contributed by atoms with Gasteiger partial charge in [-0.3, -0.25) is 0 Å². The molecule has 2 heterocycles. The lowest BCUT2D eigenvalue weighted by atomic mass is 9.91. The zero-order valence-electron chi connectivity index (χ0n) is 13.5.